The number of hydrogen-bond acceptors (Lipinski definition) is 3. The van der Waals surface area contributed by atoms with Crippen LogP contribution in [0.25, 0.3) is 0 Å². The van der Waals surface area contributed by atoms with Gasteiger partial charge in [-0.05, 0) is 38.1 Å². The van der Waals surface area contributed by atoms with Crippen LogP contribution in [0.2, 0.25) is 0 Å². The van der Waals surface area contributed by atoms with Crippen LogP contribution >= 0.6 is 0 Å². The van der Waals surface area contributed by atoms with E-state index in [1.54, 1.807) is 0 Å². The van der Waals surface area contributed by atoms with E-state index in [1.807, 2.05) is 31.3 Å². The van der Waals surface area contributed by atoms with Gasteiger partial charge in [0.25, 0.3) is 0 Å². The molecule has 1 rings (SSSR count). The van der Waals surface area contributed by atoms with E-state index < -0.39 is 0 Å². The van der Waals surface area contributed by atoms with Gasteiger partial charge < -0.3 is 15.4 Å². The summed E-state index contributed by atoms with van der Waals surface area (Å²) in [7, 11) is 1.88. The topological polar surface area (TPSA) is 50.4 Å². The van der Waals surface area contributed by atoms with E-state index in [4.69, 9.17) is 4.74 Å². The number of carbonyl (C=O) groups is 1. The number of rotatable bonds is 8. The van der Waals surface area contributed by atoms with E-state index in [1.165, 1.54) is 0 Å². The van der Waals surface area contributed by atoms with Crippen molar-refractivity contribution >= 4 is 11.6 Å². The number of benzene rings is 1. The standard InChI is InChI=1S/C15H24N2O2/c1-12(2)11-19-14-8-5-4-7-13(14)17-15(18)9-6-10-16-3/h4-5,7-8,12,16H,6,9-11H2,1-3H3,(H,17,18). The molecule has 0 fully saturated rings. The first-order valence-corrected chi connectivity index (χ1v) is 6.79. The van der Waals surface area contributed by atoms with E-state index in [9.17, 15) is 4.79 Å². The molecule has 0 unspecified atom stereocenters. The molecule has 0 atom stereocenters. The second-order valence-corrected chi connectivity index (χ2v) is 4.96. The van der Waals surface area contributed by atoms with Crippen molar-refractivity contribution in [3.05, 3.63) is 24.3 Å². The predicted octanol–water partition coefficient (Wildman–Crippen LogP) is 2.66. The van der Waals surface area contributed by atoms with Crippen molar-refractivity contribution in [2.75, 3.05) is 25.5 Å². The van der Waals surface area contributed by atoms with Crippen LogP contribution in [0.5, 0.6) is 5.75 Å². The first-order valence-electron chi connectivity index (χ1n) is 6.79. The van der Waals surface area contributed by atoms with Gasteiger partial charge in [0.15, 0.2) is 0 Å². The molecular formula is C15H24N2O2. The minimum Gasteiger partial charge on any atom is -0.491 e. The number of amides is 1. The molecule has 0 aromatic heterocycles. The largest absolute Gasteiger partial charge is 0.491 e. The van der Waals surface area contributed by atoms with Crippen LogP contribution < -0.4 is 15.4 Å². The lowest BCUT2D eigenvalue weighted by molar-refractivity contribution is -0.116. The first kappa shape index (κ1) is 15.5. The molecule has 4 nitrogen and oxygen atoms in total. The van der Waals surface area contributed by atoms with Gasteiger partial charge in [-0.3, -0.25) is 4.79 Å². The van der Waals surface area contributed by atoms with Crippen molar-refractivity contribution in [2.45, 2.75) is 26.7 Å². The monoisotopic (exact) mass is 264 g/mol. The maximum Gasteiger partial charge on any atom is 0.224 e. The van der Waals surface area contributed by atoms with Crippen LogP contribution in [0.15, 0.2) is 24.3 Å². The van der Waals surface area contributed by atoms with E-state index in [0.29, 0.717) is 18.9 Å². The quantitative estimate of drug-likeness (QED) is 0.710. The van der Waals surface area contributed by atoms with Gasteiger partial charge in [0.1, 0.15) is 5.75 Å². The number of ether oxygens (including phenoxy) is 1. The molecule has 0 aliphatic heterocycles. The molecule has 0 heterocycles. The average molecular weight is 264 g/mol. The number of nitrogens with one attached hydrogen (secondary N) is 2. The third kappa shape index (κ3) is 6.25. The lowest BCUT2D eigenvalue weighted by atomic mass is 10.2. The van der Waals surface area contributed by atoms with Crippen LogP contribution in [-0.2, 0) is 4.79 Å². The number of carbonyl (C=O) groups excluding carboxylic acids is 1. The van der Waals surface area contributed by atoms with E-state index in [2.05, 4.69) is 24.5 Å². The molecule has 0 bridgehead atoms. The Morgan fingerprint density at radius 3 is 2.74 bits per heavy atom. The molecule has 2 N–H and O–H groups in total. The molecular weight excluding hydrogens is 240 g/mol. The molecule has 4 heteroatoms. The fourth-order valence-corrected chi connectivity index (χ4v) is 1.59. The SMILES string of the molecule is CNCCCC(=O)Nc1ccccc1OCC(C)C. The summed E-state index contributed by atoms with van der Waals surface area (Å²) in [5.74, 6) is 1.22. The maximum atomic E-state index is 11.8. The molecule has 0 radical (unpaired) electrons. The zero-order valence-electron chi connectivity index (χ0n) is 12.0. The van der Waals surface area contributed by atoms with Crippen LogP contribution in [0.4, 0.5) is 5.69 Å². The Kier molecular flexibility index (Phi) is 6.97. The van der Waals surface area contributed by atoms with Gasteiger partial charge in [0, 0.05) is 6.42 Å². The molecule has 0 spiro atoms. The first-order chi connectivity index (χ1) is 9.13. The number of anilines is 1. The van der Waals surface area contributed by atoms with Crippen LogP contribution in [0.1, 0.15) is 26.7 Å². The Balaban J connectivity index is 2.54. The fraction of sp³-hybridized carbons (Fsp3) is 0.533. The molecule has 0 saturated carbocycles. The van der Waals surface area contributed by atoms with Gasteiger partial charge >= 0.3 is 0 Å². The van der Waals surface area contributed by atoms with Crippen LogP contribution in [0.3, 0.4) is 0 Å². The Morgan fingerprint density at radius 1 is 1.32 bits per heavy atom. The summed E-state index contributed by atoms with van der Waals surface area (Å²) in [5, 5.41) is 5.93. The molecule has 1 aromatic rings. The van der Waals surface area contributed by atoms with Crippen LogP contribution in [-0.4, -0.2) is 26.1 Å². The van der Waals surface area contributed by atoms with Gasteiger partial charge in [-0.15, -0.1) is 0 Å². The van der Waals surface area contributed by atoms with E-state index >= 15 is 0 Å². The Bertz CT molecular complexity index is 391. The second-order valence-electron chi connectivity index (χ2n) is 4.96. The highest BCUT2D eigenvalue weighted by Crippen LogP contribution is 2.24. The lowest BCUT2D eigenvalue weighted by Crippen LogP contribution is -2.16. The predicted molar refractivity (Wildman–Crippen MR) is 78.6 cm³/mol. The highest BCUT2D eigenvalue weighted by atomic mass is 16.5. The summed E-state index contributed by atoms with van der Waals surface area (Å²) in [6.07, 6.45) is 1.34. The van der Waals surface area contributed by atoms with E-state index in [0.717, 1.165) is 24.4 Å². The van der Waals surface area contributed by atoms with Crippen molar-refractivity contribution in [3.63, 3.8) is 0 Å². The minimum atomic E-state index is 0.0239. The Hall–Kier alpha value is -1.55. The smallest absolute Gasteiger partial charge is 0.224 e. The Labute approximate surface area is 115 Å². The zero-order valence-corrected chi connectivity index (χ0v) is 12.0. The third-order valence-electron chi connectivity index (χ3n) is 2.56. The summed E-state index contributed by atoms with van der Waals surface area (Å²) in [6, 6.07) is 7.55. The van der Waals surface area contributed by atoms with Gasteiger partial charge in [-0.2, -0.15) is 0 Å². The molecule has 106 valence electrons. The molecule has 1 aromatic carbocycles. The average Bonchev–Trinajstić information content (AvgIpc) is 2.38. The lowest BCUT2D eigenvalue weighted by Gasteiger charge is -2.13. The molecule has 19 heavy (non-hydrogen) atoms. The summed E-state index contributed by atoms with van der Waals surface area (Å²) < 4.78 is 5.70. The number of hydrogen-bond donors (Lipinski definition) is 2. The normalized spacial score (nSPS) is 10.5. The van der Waals surface area contributed by atoms with Crippen molar-refractivity contribution in [2.24, 2.45) is 5.92 Å². The minimum absolute atomic E-state index is 0.0239. The molecule has 0 aliphatic carbocycles. The van der Waals surface area contributed by atoms with Gasteiger partial charge in [-0.25, -0.2) is 0 Å². The van der Waals surface area contributed by atoms with Gasteiger partial charge in [-0.1, -0.05) is 26.0 Å². The summed E-state index contributed by atoms with van der Waals surface area (Å²) >= 11 is 0. The summed E-state index contributed by atoms with van der Waals surface area (Å²) in [6.45, 7) is 5.68. The third-order valence-corrected chi connectivity index (χ3v) is 2.56. The van der Waals surface area contributed by atoms with Crippen molar-refractivity contribution in [3.8, 4) is 5.75 Å². The second kappa shape index (κ2) is 8.53. The zero-order chi connectivity index (χ0) is 14.1. The summed E-state index contributed by atoms with van der Waals surface area (Å²) in [5.41, 5.74) is 0.748. The summed E-state index contributed by atoms with van der Waals surface area (Å²) in [4.78, 5) is 11.8. The highest BCUT2D eigenvalue weighted by Gasteiger charge is 2.07. The van der Waals surface area contributed by atoms with Crippen molar-refractivity contribution in [1.82, 2.24) is 5.32 Å². The molecule has 1 amide bonds. The van der Waals surface area contributed by atoms with Crippen molar-refractivity contribution < 1.29 is 9.53 Å². The molecule has 0 aliphatic rings. The fourth-order valence-electron chi connectivity index (χ4n) is 1.59. The van der Waals surface area contributed by atoms with Gasteiger partial charge in [0.2, 0.25) is 5.91 Å². The Morgan fingerprint density at radius 2 is 2.05 bits per heavy atom. The van der Waals surface area contributed by atoms with Crippen molar-refractivity contribution in [1.29, 1.82) is 0 Å². The van der Waals surface area contributed by atoms with Gasteiger partial charge in [0.05, 0.1) is 12.3 Å². The maximum absolute atomic E-state index is 11.8. The number of para-hydroxylation sites is 2. The van der Waals surface area contributed by atoms with Crippen LogP contribution in [0, 0.1) is 5.92 Å². The molecule has 0 saturated heterocycles. The highest BCUT2D eigenvalue weighted by molar-refractivity contribution is 5.92. The van der Waals surface area contributed by atoms with E-state index in [-0.39, 0.29) is 5.91 Å².